The number of aromatic nitrogens is 2. The molecule has 0 saturated carbocycles. The van der Waals surface area contributed by atoms with Crippen LogP contribution in [0.1, 0.15) is 23.0 Å². The highest BCUT2D eigenvalue weighted by Crippen LogP contribution is 2.27. The van der Waals surface area contributed by atoms with Crippen molar-refractivity contribution in [2.75, 3.05) is 0 Å². The minimum atomic E-state index is 0.708. The van der Waals surface area contributed by atoms with E-state index in [9.17, 15) is 4.79 Å². The van der Waals surface area contributed by atoms with Gasteiger partial charge in [0, 0.05) is 28.1 Å². The Balaban J connectivity index is 1.82. The Morgan fingerprint density at radius 2 is 1.90 bits per heavy atom. The normalized spacial score (nSPS) is 10.9. The van der Waals surface area contributed by atoms with Crippen molar-refractivity contribution in [3.8, 4) is 0 Å². The van der Waals surface area contributed by atoms with Crippen molar-refractivity contribution in [1.29, 1.82) is 0 Å². The average Bonchev–Trinajstić information content (AvgIpc) is 2.91. The Labute approximate surface area is 128 Å². The molecule has 0 spiro atoms. The maximum atomic E-state index is 10.7. The van der Waals surface area contributed by atoms with Gasteiger partial charge >= 0.3 is 0 Å². The Hall–Kier alpha value is -2.07. The smallest absolute Gasteiger partial charge is 0.150 e. The highest BCUT2D eigenvalue weighted by Gasteiger charge is 2.09. The van der Waals surface area contributed by atoms with Gasteiger partial charge in [-0.15, -0.1) is 11.8 Å². The van der Waals surface area contributed by atoms with Crippen LogP contribution in [0.5, 0.6) is 0 Å². The number of fused-ring (bicyclic) bond motifs is 1. The summed E-state index contributed by atoms with van der Waals surface area (Å²) in [5.74, 6) is 0.827. The minimum Gasteiger partial charge on any atom is -0.298 e. The molecule has 0 radical (unpaired) electrons. The molecule has 0 atom stereocenters. The molecular formula is C17H16N2OS. The molecule has 1 heterocycles. The molecule has 3 nitrogen and oxygen atoms in total. The van der Waals surface area contributed by atoms with Crippen LogP contribution in [-0.2, 0) is 12.3 Å². The van der Waals surface area contributed by atoms with Crippen LogP contribution >= 0.6 is 11.8 Å². The first-order chi connectivity index (χ1) is 10.3. The maximum absolute atomic E-state index is 10.7. The molecule has 0 fully saturated rings. The van der Waals surface area contributed by atoms with Crippen molar-refractivity contribution in [2.24, 2.45) is 0 Å². The molecule has 0 unspecified atom stereocenters. The number of hydrogen-bond acceptors (Lipinski definition) is 3. The van der Waals surface area contributed by atoms with E-state index in [1.165, 1.54) is 10.9 Å². The van der Waals surface area contributed by atoms with E-state index in [-0.39, 0.29) is 0 Å². The van der Waals surface area contributed by atoms with Gasteiger partial charge in [0.1, 0.15) is 6.29 Å². The van der Waals surface area contributed by atoms with Gasteiger partial charge in [0.2, 0.25) is 0 Å². The van der Waals surface area contributed by atoms with Gasteiger partial charge in [0.25, 0.3) is 0 Å². The van der Waals surface area contributed by atoms with Crippen LogP contribution in [0.2, 0.25) is 0 Å². The molecular weight excluding hydrogens is 280 g/mol. The summed E-state index contributed by atoms with van der Waals surface area (Å²) in [6.07, 6.45) is 0.866. The van der Waals surface area contributed by atoms with Crippen molar-refractivity contribution in [3.05, 3.63) is 59.8 Å². The third kappa shape index (κ3) is 2.85. The quantitative estimate of drug-likeness (QED) is 0.524. The predicted molar refractivity (Wildman–Crippen MR) is 86.8 cm³/mol. The molecule has 0 amide bonds. The molecule has 0 saturated heterocycles. The van der Waals surface area contributed by atoms with E-state index >= 15 is 0 Å². The van der Waals surface area contributed by atoms with E-state index < -0.39 is 0 Å². The van der Waals surface area contributed by atoms with Gasteiger partial charge in [-0.2, -0.15) is 5.10 Å². The van der Waals surface area contributed by atoms with Crippen LogP contribution in [0, 0.1) is 0 Å². The number of rotatable bonds is 5. The van der Waals surface area contributed by atoms with E-state index in [4.69, 9.17) is 5.10 Å². The fraction of sp³-hybridized carbons (Fsp3) is 0.176. The van der Waals surface area contributed by atoms with E-state index in [2.05, 4.69) is 25.1 Å². The Morgan fingerprint density at radius 1 is 1.14 bits per heavy atom. The predicted octanol–water partition coefficient (Wildman–Crippen LogP) is 4.16. The number of hydrogen-bond donors (Lipinski definition) is 0. The first-order valence-electron chi connectivity index (χ1n) is 6.94. The Kier molecular flexibility index (Phi) is 4.06. The van der Waals surface area contributed by atoms with Crippen LogP contribution in [-0.4, -0.2) is 16.1 Å². The summed E-state index contributed by atoms with van der Waals surface area (Å²) in [7, 11) is 0. The van der Waals surface area contributed by atoms with E-state index in [1.54, 1.807) is 11.8 Å². The number of para-hydroxylation sites is 1. The number of carbonyl (C=O) groups excluding carboxylic acids is 1. The van der Waals surface area contributed by atoms with Crippen molar-refractivity contribution in [2.45, 2.75) is 24.1 Å². The summed E-state index contributed by atoms with van der Waals surface area (Å²) in [5, 5.41) is 5.92. The van der Waals surface area contributed by atoms with E-state index in [0.717, 1.165) is 29.2 Å². The Bertz CT molecular complexity index is 762. The lowest BCUT2D eigenvalue weighted by Crippen LogP contribution is -1.96. The highest BCUT2D eigenvalue weighted by molar-refractivity contribution is 7.98. The third-order valence-electron chi connectivity index (χ3n) is 3.43. The van der Waals surface area contributed by atoms with Gasteiger partial charge in [-0.3, -0.25) is 9.48 Å². The van der Waals surface area contributed by atoms with Gasteiger partial charge in [-0.25, -0.2) is 0 Å². The highest BCUT2D eigenvalue weighted by atomic mass is 32.2. The summed E-state index contributed by atoms with van der Waals surface area (Å²) in [5.41, 5.74) is 3.00. The first-order valence-corrected chi connectivity index (χ1v) is 7.93. The van der Waals surface area contributed by atoms with Gasteiger partial charge < -0.3 is 0 Å². The molecule has 1 aromatic heterocycles. The fourth-order valence-electron chi connectivity index (χ4n) is 2.34. The molecule has 106 valence electrons. The largest absolute Gasteiger partial charge is 0.298 e. The molecule has 21 heavy (non-hydrogen) atoms. The topological polar surface area (TPSA) is 34.9 Å². The van der Waals surface area contributed by atoms with Gasteiger partial charge in [0.15, 0.2) is 0 Å². The molecule has 0 aliphatic heterocycles. The Morgan fingerprint density at radius 3 is 2.62 bits per heavy atom. The average molecular weight is 296 g/mol. The second kappa shape index (κ2) is 6.14. The van der Waals surface area contributed by atoms with Gasteiger partial charge in [-0.05, 0) is 25.1 Å². The van der Waals surface area contributed by atoms with Crippen LogP contribution < -0.4 is 0 Å². The van der Waals surface area contributed by atoms with E-state index in [0.29, 0.717) is 5.56 Å². The molecule has 0 aliphatic rings. The van der Waals surface area contributed by atoms with Crippen molar-refractivity contribution in [1.82, 2.24) is 9.78 Å². The van der Waals surface area contributed by atoms with Gasteiger partial charge in [0.05, 0.1) is 11.2 Å². The standard InChI is InChI=1S/C17H16N2OS/c1-2-19-17-6-4-3-5-15(17)16(18-19)12-21-14-9-7-13(11-20)8-10-14/h3-11H,2,12H2,1H3. The molecule has 3 rings (SSSR count). The fourth-order valence-corrected chi connectivity index (χ4v) is 3.18. The lowest BCUT2D eigenvalue weighted by atomic mass is 10.2. The third-order valence-corrected chi connectivity index (χ3v) is 4.45. The zero-order valence-corrected chi connectivity index (χ0v) is 12.6. The zero-order chi connectivity index (χ0) is 14.7. The summed E-state index contributed by atoms with van der Waals surface area (Å²) >= 11 is 1.74. The number of carbonyl (C=O) groups is 1. The molecule has 4 heteroatoms. The zero-order valence-electron chi connectivity index (χ0n) is 11.8. The van der Waals surface area contributed by atoms with Crippen LogP contribution in [0.3, 0.4) is 0 Å². The number of benzene rings is 2. The van der Waals surface area contributed by atoms with Crippen LogP contribution in [0.15, 0.2) is 53.4 Å². The number of nitrogens with zero attached hydrogens (tertiary/aromatic N) is 2. The second-order valence-electron chi connectivity index (χ2n) is 4.76. The summed E-state index contributed by atoms with van der Waals surface area (Å²) in [6.45, 7) is 2.98. The molecule has 3 aromatic rings. The summed E-state index contributed by atoms with van der Waals surface area (Å²) < 4.78 is 2.04. The first kappa shape index (κ1) is 13.9. The van der Waals surface area contributed by atoms with Crippen molar-refractivity contribution < 1.29 is 4.79 Å². The monoisotopic (exact) mass is 296 g/mol. The van der Waals surface area contributed by atoms with E-state index in [1.807, 2.05) is 35.0 Å². The van der Waals surface area contributed by atoms with Crippen LogP contribution in [0.4, 0.5) is 0 Å². The molecule has 0 bridgehead atoms. The van der Waals surface area contributed by atoms with Gasteiger partial charge in [-0.1, -0.05) is 30.3 Å². The molecule has 0 N–H and O–H groups in total. The van der Waals surface area contributed by atoms with Crippen molar-refractivity contribution in [3.63, 3.8) is 0 Å². The van der Waals surface area contributed by atoms with Crippen LogP contribution in [0.25, 0.3) is 10.9 Å². The second-order valence-corrected chi connectivity index (χ2v) is 5.80. The summed E-state index contributed by atoms with van der Waals surface area (Å²) in [6, 6.07) is 16.0. The minimum absolute atomic E-state index is 0.708. The number of aldehydes is 1. The SMILES string of the molecule is CCn1nc(CSc2ccc(C=O)cc2)c2ccccc21. The number of thioether (sulfide) groups is 1. The summed E-state index contributed by atoms with van der Waals surface area (Å²) in [4.78, 5) is 11.8. The molecule has 0 aliphatic carbocycles. The molecule has 2 aromatic carbocycles. The lowest BCUT2D eigenvalue weighted by molar-refractivity contribution is 0.112. The maximum Gasteiger partial charge on any atom is 0.150 e. The lowest BCUT2D eigenvalue weighted by Gasteiger charge is -2.00. The number of aryl methyl sites for hydroxylation is 1. The van der Waals surface area contributed by atoms with Crippen molar-refractivity contribution >= 4 is 29.0 Å².